The van der Waals surface area contributed by atoms with Gasteiger partial charge in [-0.05, 0) is 43.4 Å². The highest BCUT2D eigenvalue weighted by Crippen LogP contribution is 2.40. The summed E-state index contributed by atoms with van der Waals surface area (Å²) < 4.78 is 16.5. The van der Waals surface area contributed by atoms with Crippen molar-refractivity contribution in [2.75, 3.05) is 33.1 Å². The van der Waals surface area contributed by atoms with Crippen LogP contribution in [0, 0.1) is 0 Å². The maximum atomic E-state index is 12.9. The van der Waals surface area contributed by atoms with E-state index in [2.05, 4.69) is 10.6 Å². The van der Waals surface area contributed by atoms with Gasteiger partial charge in [-0.2, -0.15) is 0 Å². The molecule has 1 aromatic carbocycles. The summed E-state index contributed by atoms with van der Waals surface area (Å²) in [4.78, 5) is 39.3. The van der Waals surface area contributed by atoms with Gasteiger partial charge in [0.05, 0.1) is 0 Å². The van der Waals surface area contributed by atoms with Crippen molar-refractivity contribution in [2.24, 2.45) is 0 Å². The number of benzene rings is 1. The van der Waals surface area contributed by atoms with Gasteiger partial charge in [-0.25, -0.2) is 4.79 Å². The number of nitrogens with zero attached hydrogens (tertiary/aromatic N) is 1. The van der Waals surface area contributed by atoms with Gasteiger partial charge in [0.2, 0.25) is 12.7 Å². The van der Waals surface area contributed by atoms with Crippen molar-refractivity contribution < 1.29 is 28.6 Å². The monoisotopic (exact) mass is 443 g/mol. The van der Waals surface area contributed by atoms with Crippen molar-refractivity contribution in [3.05, 3.63) is 23.8 Å². The molecule has 3 fully saturated rings. The Bertz CT molecular complexity index is 920. The van der Waals surface area contributed by atoms with Gasteiger partial charge in [-0.1, -0.05) is 25.3 Å². The number of amides is 4. The predicted octanol–water partition coefficient (Wildman–Crippen LogP) is 1.83. The molecule has 1 aromatic rings. The highest BCUT2D eigenvalue weighted by Gasteiger charge is 2.51. The van der Waals surface area contributed by atoms with Gasteiger partial charge in [0, 0.05) is 25.2 Å². The number of rotatable bonds is 5. The molecule has 9 nitrogen and oxygen atoms in total. The van der Waals surface area contributed by atoms with E-state index in [4.69, 9.17) is 14.2 Å². The Morgan fingerprint density at radius 2 is 1.78 bits per heavy atom. The molecule has 1 aliphatic carbocycles. The average molecular weight is 444 g/mol. The molecule has 0 radical (unpaired) electrons. The minimum atomic E-state index is -0.815. The predicted molar refractivity (Wildman–Crippen MR) is 113 cm³/mol. The average Bonchev–Trinajstić information content (AvgIpc) is 3.37. The molecule has 172 valence electrons. The second-order valence-corrected chi connectivity index (χ2v) is 9.20. The topological polar surface area (TPSA) is 106 Å². The Balaban J connectivity index is 1.26. The summed E-state index contributed by atoms with van der Waals surface area (Å²) >= 11 is 0. The molecule has 1 spiro atoms. The van der Waals surface area contributed by atoms with E-state index in [1.165, 1.54) is 0 Å². The summed E-state index contributed by atoms with van der Waals surface area (Å²) in [6.07, 6.45) is 5.67. The Kier molecular flexibility index (Phi) is 5.44. The number of hydrogen-bond donors (Lipinski definition) is 2. The number of nitrogens with one attached hydrogen (secondary N) is 2. The number of fused-ring (bicyclic) bond motifs is 1. The molecular formula is C23H29N3O6. The van der Waals surface area contributed by atoms with E-state index in [-0.39, 0.29) is 30.6 Å². The van der Waals surface area contributed by atoms with Crippen molar-refractivity contribution in [1.82, 2.24) is 15.5 Å². The molecule has 5 rings (SSSR count). The largest absolute Gasteiger partial charge is 0.454 e. The summed E-state index contributed by atoms with van der Waals surface area (Å²) in [5.74, 6) is 0.814. The molecule has 32 heavy (non-hydrogen) atoms. The first-order valence-corrected chi connectivity index (χ1v) is 11.4. The van der Waals surface area contributed by atoms with Crippen LogP contribution in [0.5, 0.6) is 11.5 Å². The third-order valence-electron chi connectivity index (χ3n) is 7.31. The first-order valence-electron chi connectivity index (χ1n) is 11.4. The second-order valence-electron chi connectivity index (χ2n) is 9.20. The smallest absolute Gasteiger partial charge is 0.325 e. The summed E-state index contributed by atoms with van der Waals surface area (Å²) in [7, 11) is 0. The van der Waals surface area contributed by atoms with Crippen LogP contribution in [0.25, 0.3) is 0 Å². The summed E-state index contributed by atoms with van der Waals surface area (Å²) in [5, 5.41) is 5.83. The Labute approximate surface area is 186 Å². The van der Waals surface area contributed by atoms with Gasteiger partial charge in [0.1, 0.15) is 12.1 Å². The van der Waals surface area contributed by atoms with Crippen molar-refractivity contribution >= 4 is 17.8 Å². The standard InChI is InChI=1S/C23H29N3O6/c27-19(13-26-20(28)23(25-21(26)29)6-2-1-3-7-23)24-14-22(8-10-30-11-9-22)16-4-5-17-18(12-16)32-15-31-17/h4-5,12H,1-3,6-11,13-15H2,(H,24,27)(H,25,29). The number of imide groups is 1. The van der Waals surface area contributed by atoms with Crippen LogP contribution in [0.2, 0.25) is 0 Å². The van der Waals surface area contributed by atoms with Gasteiger partial charge in [0.25, 0.3) is 5.91 Å². The van der Waals surface area contributed by atoms with E-state index >= 15 is 0 Å². The fourth-order valence-electron chi connectivity index (χ4n) is 5.34. The van der Waals surface area contributed by atoms with Gasteiger partial charge < -0.3 is 24.8 Å². The van der Waals surface area contributed by atoms with Crippen LogP contribution in [0.1, 0.15) is 50.5 Å². The molecule has 2 saturated heterocycles. The number of hydrogen-bond acceptors (Lipinski definition) is 6. The lowest BCUT2D eigenvalue weighted by molar-refractivity contribution is -0.135. The van der Waals surface area contributed by atoms with Gasteiger partial charge >= 0.3 is 6.03 Å². The summed E-state index contributed by atoms with van der Waals surface area (Å²) in [6.45, 7) is 1.53. The summed E-state index contributed by atoms with van der Waals surface area (Å²) in [5.41, 5.74) is -0.0673. The first kappa shape index (κ1) is 21.1. The minimum Gasteiger partial charge on any atom is -0.454 e. The zero-order valence-electron chi connectivity index (χ0n) is 18.1. The molecule has 0 unspecified atom stereocenters. The van der Waals surface area contributed by atoms with Crippen molar-refractivity contribution in [2.45, 2.75) is 55.9 Å². The molecule has 9 heteroatoms. The lowest BCUT2D eigenvalue weighted by Gasteiger charge is -2.38. The number of carbonyl (C=O) groups excluding carboxylic acids is 3. The molecule has 0 bridgehead atoms. The van der Waals surface area contributed by atoms with Gasteiger partial charge in [-0.15, -0.1) is 0 Å². The van der Waals surface area contributed by atoms with Gasteiger partial charge in [-0.3, -0.25) is 14.5 Å². The highest BCUT2D eigenvalue weighted by molar-refractivity contribution is 6.09. The first-order chi connectivity index (χ1) is 15.5. The maximum Gasteiger partial charge on any atom is 0.325 e. The zero-order valence-corrected chi connectivity index (χ0v) is 18.1. The van der Waals surface area contributed by atoms with Crippen LogP contribution >= 0.6 is 0 Å². The molecule has 0 aromatic heterocycles. The lowest BCUT2D eigenvalue weighted by atomic mass is 9.74. The lowest BCUT2D eigenvalue weighted by Crippen LogP contribution is -2.50. The van der Waals surface area contributed by atoms with Crippen LogP contribution in [-0.4, -0.2) is 61.4 Å². The van der Waals surface area contributed by atoms with E-state index in [0.29, 0.717) is 38.3 Å². The molecule has 1 saturated carbocycles. The molecule has 0 atom stereocenters. The number of ether oxygens (including phenoxy) is 3. The highest BCUT2D eigenvalue weighted by atomic mass is 16.7. The Hall–Kier alpha value is -2.81. The minimum absolute atomic E-state index is 0.207. The van der Waals surface area contributed by atoms with Crippen molar-refractivity contribution in [3.63, 3.8) is 0 Å². The van der Waals surface area contributed by atoms with Gasteiger partial charge in [0.15, 0.2) is 11.5 Å². The quantitative estimate of drug-likeness (QED) is 0.673. The molecule has 4 amide bonds. The van der Waals surface area contributed by atoms with Crippen LogP contribution in [-0.2, 0) is 19.7 Å². The van der Waals surface area contributed by atoms with Crippen LogP contribution in [0.15, 0.2) is 18.2 Å². The van der Waals surface area contributed by atoms with E-state index in [1.54, 1.807) is 0 Å². The summed E-state index contributed by atoms with van der Waals surface area (Å²) in [6, 6.07) is 5.41. The normalized spacial score (nSPS) is 23.3. The second kappa shape index (κ2) is 8.27. The molecule has 3 heterocycles. The number of carbonyl (C=O) groups is 3. The molecule has 2 N–H and O–H groups in total. The zero-order chi connectivity index (χ0) is 22.2. The fourth-order valence-corrected chi connectivity index (χ4v) is 5.34. The van der Waals surface area contributed by atoms with Crippen molar-refractivity contribution in [1.29, 1.82) is 0 Å². The van der Waals surface area contributed by atoms with E-state index in [9.17, 15) is 14.4 Å². The third-order valence-corrected chi connectivity index (χ3v) is 7.31. The molecule has 3 aliphatic heterocycles. The van der Waals surface area contributed by atoms with Crippen LogP contribution in [0.3, 0.4) is 0 Å². The SMILES string of the molecule is O=C(CN1C(=O)NC2(CCCCC2)C1=O)NCC1(c2ccc3c(c2)OCO3)CCOCC1. The maximum absolute atomic E-state index is 12.9. The molecule has 4 aliphatic rings. The van der Waals surface area contributed by atoms with Crippen molar-refractivity contribution in [3.8, 4) is 11.5 Å². The van der Waals surface area contributed by atoms with Crippen LogP contribution in [0.4, 0.5) is 4.79 Å². The van der Waals surface area contributed by atoms with E-state index in [0.717, 1.165) is 48.3 Å². The fraction of sp³-hybridized carbons (Fsp3) is 0.609. The third kappa shape index (κ3) is 3.68. The van der Waals surface area contributed by atoms with E-state index < -0.39 is 11.6 Å². The van der Waals surface area contributed by atoms with E-state index in [1.807, 2.05) is 18.2 Å². The number of urea groups is 1. The van der Waals surface area contributed by atoms with Crippen LogP contribution < -0.4 is 20.1 Å². The Morgan fingerprint density at radius 1 is 1.03 bits per heavy atom. The Morgan fingerprint density at radius 3 is 2.56 bits per heavy atom. The molecular weight excluding hydrogens is 414 g/mol.